The Bertz CT molecular complexity index is 1310. The number of nitro groups is 1. The second-order valence-corrected chi connectivity index (χ2v) is 7.72. The summed E-state index contributed by atoms with van der Waals surface area (Å²) >= 11 is 0. The van der Waals surface area contributed by atoms with Gasteiger partial charge in [0, 0.05) is 43.4 Å². The molecule has 3 aromatic rings. The molecule has 0 spiro atoms. The van der Waals surface area contributed by atoms with Crippen molar-refractivity contribution in [3.63, 3.8) is 0 Å². The van der Waals surface area contributed by atoms with Gasteiger partial charge in [0.1, 0.15) is 11.4 Å². The van der Waals surface area contributed by atoms with Crippen LogP contribution in [0.3, 0.4) is 0 Å². The lowest BCUT2D eigenvalue weighted by Gasteiger charge is -2.20. The minimum absolute atomic E-state index is 0.0624. The molecule has 1 saturated heterocycles. The fourth-order valence-corrected chi connectivity index (χ4v) is 3.93. The first-order valence-corrected chi connectivity index (χ1v) is 10.6. The maximum atomic E-state index is 14.8. The third-order valence-corrected chi connectivity index (χ3v) is 5.66. The number of rotatable bonds is 6. The van der Waals surface area contributed by atoms with Crippen molar-refractivity contribution in [3.05, 3.63) is 79.9 Å². The van der Waals surface area contributed by atoms with E-state index in [-0.39, 0.29) is 16.6 Å². The van der Waals surface area contributed by atoms with Crippen LogP contribution in [0, 0.1) is 15.9 Å². The topological polar surface area (TPSA) is 110 Å². The molecule has 0 saturated carbocycles. The van der Waals surface area contributed by atoms with E-state index in [1.165, 1.54) is 42.7 Å². The van der Waals surface area contributed by atoms with Crippen LogP contribution in [-0.4, -0.2) is 34.7 Å². The lowest BCUT2D eigenvalue weighted by Crippen LogP contribution is -2.27. The van der Waals surface area contributed by atoms with Crippen LogP contribution in [0.1, 0.15) is 35.7 Å². The Morgan fingerprint density at radius 2 is 1.94 bits per heavy atom. The van der Waals surface area contributed by atoms with Gasteiger partial charge in [0.25, 0.3) is 11.6 Å². The zero-order chi connectivity index (χ0) is 23.5. The Hall–Kier alpha value is -4.08. The quantitative estimate of drug-likeness (QED) is 0.351. The summed E-state index contributed by atoms with van der Waals surface area (Å²) in [4.78, 5) is 37.8. The third kappa shape index (κ3) is 4.45. The van der Waals surface area contributed by atoms with Crippen molar-refractivity contribution in [3.8, 4) is 0 Å². The predicted octanol–water partition coefficient (Wildman–Crippen LogP) is 3.43. The number of hydrogen-bond donors (Lipinski definition) is 1. The van der Waals surface area contributed by atoms with E-state index < -0.39 is 22.1 Å². The second kappa shape index (κ2) is 9.19. The van der Waals surface area contributed by atoms with Gasteiger partial charge < -0.3 is 9.47 Å². The molecule has 9 nitrogen and oxygen atoms in total. The average molecular weight is 451 g/mol. The number of nitrogens with zero attached hydrogens (tertiary/aromatic N) is 4. The molecule has 0 bridgehead atoms. The van der Waals surface area contributed by atoms with Gasteiger partial charge in [-0.15, -0.1) is 0 Å². The Morgan fingerprint density at radius 1 is 1.24 bits per heavy atom. The van der Waals surface area contributed by atoms with E-state index in [4.69, 9.17) is 0 Å². The zero-order valence-corrected chi connectivity index (χ0v) is 18.0. The normalized spacial score (nSPS) is 13.7. The van der Waals surface area contributed by atoms with Crippen LogP contribution in [-0.2, 0) is 6.54 Å². The molecule has 1 aliphatic rings. The molecule has 2 aromatic carbocycles. The largest absolute Gasteiger partial charge is 0.369 e. The molecule has 0 unspecified atom stereocenters. The molecule has 1 amide bonds. The Kier molecular flexibility index (Phi) is 6.16. The maximum absolute atomic E-state index is 14.8. The molecule has 1 N–H and O–H groups in total. The summed E-state index contributed by atoms with van der Waals surface area (Å²) in [5, 5.41) is 14.7. The van der Waals surface area contributed by atoms with Gasteiger partial charge in [-0.25, -0.2) is 9.82 Å². The van der Waals surface area contributed by atoms with Gasteiger partial charge in [0.15, 0.2) is 0 Å². The molecule has 10 heteroatoms. The third-order valence-electron chi connectivity index (χ3n) is 5.66. The van der Waals surface area contributed by atoms with Gasteiger partial charge in [-0.2, -0.15) is 5.10 Å². The summed E-state index contributed by atoms with van der Waals surface area (Å²) in [6, 6.07) is 8.47. The minimum Gasteiger partial charge on any atom is -0.369 e. The standard InChI is InChI=1S/C23H22FN5O4/c1-2-27-14-18(23(31)26-25-13-15-5-7-16(8-6-15)29(32)33)22(30)17-11-19(24)21(12-20(17)27)28-9-3-4-10-28/h5-8,11-14H,2-4,9-10H2,1H3,(H,26,31). The van der Waals surface area contributed by atoms with Crippen LogP contribution in [0.25, 0.3) is 10.9 Å². The van der Waals surface area contributed by atoms with Crippen LogP contribution in [0.15, 0.2) is 52.5 Å². The summed E-state index contributed by atoms with van der Waals surface area (Å²) in [6.45, 7) is 3.89. The van der Waals surface area contributed by atoms with Gasteiger partial charge >= 0.3 is 0 Å². The number of halogens is 1. The molecule has 0 atom stereocenters. The molecule has 1 aliphatic heterocycles. The van der Waals surface area contributed by atoms with Crippen LogP contribution >= 0.6 is 0 Å². The molecule has 4 rings (SSSR count). The predicted molar refractivity (Wildman–Crippen MR) is 123 cm³/mol. The molecule has 1 fully saturated rings. The van der Waals surface area contributed by atoms with Crippen LogP contribution in [0.5, 0.6) is 0 Å². The highest BCUT2D eigenvalue weighted by Crippen LogP contribution is 2.28. The van der Waals surface area contributed by atoms with Gasteiger partial charge in [0.05, 0.1) is 22.3 Å². The fourth-order valence-electron chi connectivity index (χ4n) is 3.93. The molecule has 1 aromatic heterocycles. The lowest BCUT2D eigenvalue weighted by molar-refractivity contribution is -0.384. The van der Waals surface area contributed by atoms with Gasteiger partial charge in [0.2, 0.25) is 5.43 Å². The van der Waals surface area contributed by atoms with E-state index in [2.05, 4.69) is 10.5 Å². The number of hydrazone groups is 1. The number of nitro benzene ring substituents is 1. The molecular formula is C23H22FN5O4. The van der Waals surface area contributed by atoms with Crippen LogP contribution in [0.4, 0.5) is 15.8 Å². The number of benzene rings is 2. The summed E-state index contributed by atoms with van der Waals surface area (Å²) in [6.07, 6.45) is 4.76. The van der Waals surface area contributed by atoms with Crippen molar-refractivity contribution < 1.29 is 14.1 Å². The van der Waals surface area contributed by atoms with E-state index in [9.17, 15) is 24.1 Å². The van der Waals surface area contributed by atoms with Crippen molar-refractivity contribution in [2.45, 2.75) is 26.3 Å². The summed E-state index contributed by atoms with van der Waals surface area (Å²) in [5.41, 5.74) is 3.06. The number of non-ortho nitro benzene ring substituents is 1. The van der Waals surface area contributed by atoms with E-state index in [1.807, 2.05) is 11.8 Å². The number of fused-ring (bicyclic) bond motifs is 1. The van der Waals surface area contributed by atoms with Gasteiger partial charge in [-0.1, -0.05) is 0 Å². The fraction of sp³-hybridized carbons (Fsp3) is 0.261. The monoisotopic (exact) mass is 451 g/mol. The van der Waals surface area contributed by atoms with Crippen molar-refractivity contribution in [2.24, 2.45) is 5.10 Å². The number of aryl methyl sites for hydroxylation is 1. The van der Waals surface area contributed by atoms with E-state index in [0.29, 0.717) is 23.3 Å². The van der Waals surface area contributed by atoms with E-state index in [0.717, 1.165) is 25.9 Å². The first-order chi connectivity index (χ1) is 15.9. The number of nitrogens with one attached hydrogen (secondary N) is 1. The lowest BCUT2D eigenvalue weighted by atomic mass is 10.1. The zero-order valence-electron chi connectivity index (χ0n) is 18.0. The van der Waals surface area contributed by atoms with E-state index in [1.54, 1.807) is 10.6 Å². The molecule has 0 radical (unpaired) electrons. The maximum Gasteiger partial charge on any atom is 0.276 e. The smallest absolute Gasteiger partial charge is 0.276 e. The number of amides is 1. The number of pyridine rings is 1. The second-order valence-electron chi connectivity index (χ2n) is 7.72. The minimum atomic E-state index is -0.730. The highest BCUT2D eigenvalue weighted by Gasteiger charge is 2.21. The summed E-state index contributed by atoms with van der Waals surface area (Å²) < 4.78 is 16.6. The first-order valence-electron chi connectivity index (χ1n) is 10.6. The Labute approximate surface area is 188 Å². The number of hydrogen-bond acceptors (Lipinski definition) is 6. The van der Waals surface area contributed by atoms with Gasteiger partial charge in [-0.05, 0) is 49.6 Å². The van der Waals surface area contributed by atoms with Crippen molar-refractivity contribution >= 4 is 34.4 Å². The van der Waals surface area contributed by atoms with Crippen molar-refractivity contribution in [1.82, 2.24) is 9.99 Å². The molecule has 2 heterocycles. The van der Waals surface area contributed by atoms with Crippen LogP contribution in [0.2, 0.25) is 0 Å². The summed E-state index contributed by atoms with van der Waals surface area (Å²) in [7, 11) is 0. The van der Waals surface area contributed by atoms with Crippen molar-refractivity contribution in [2.75, 3.05) is 18.0 Å². The SMILES string of the molecule is CCn1cc(C(=O)NN=Cc2ccc([N+](=O)[O-])cc2)c(=O)c2cc(F)c(N3CCCC3)cc21. The number of anilines is 1. The average Bonchev–Trinajstić information content (AvgIpc) is 3.34. The molecule has 170 valence electrons. The summed E-state index contributed by atoms with van der Waals surface area (Å²) in [5.74, 6) is -1.22. The van der Waals surface area contributed by atoms with Gasteiger partial charge in [-0.3, -0.25) is 19.7 Å². The molecule has 0 aliphatic carbocycles. The number of carbonyl (C=O) groups is 1. The van der Waals surface area contributed by atoms with E-state index >= 15 is 0 Å². The first kappa shape index (κ1) is 22.1. The molecular weight excluding hydrogens is 429 g/mol. The molecule has 33 heavy (non-hydrogen) atoms. The number of carbonyl (C=O) groups excluding carboxylic acids is 1. The highest BCUT2D eigenvalue weighted by atomic mass is 19.1. The Morgan fingerprint density at radius 3 is 2.58 bits per heavy atom. The number of aromatic nitrogens is 1. The highest BCUT2D eigenvalue weighted by molar-refractivity contribution is 5.98. The van der Waals surface area contributed by atoms with Crippen LogP contribution < -0.4 is 15.8 Å². The Balaban J connectivity index is 1.62. The van der Waals surface area contributed by atoms with Crippen molar-refractivity contribution in [1.29, 1.82) is 0 Å².